The number of dihydropyridines is 1. The van der Waals surface area contributed by atoms with E-state index in [0.29, 0.717) is 37.8 Å². The van der Waals surface area contributed by atoms with E-state index in [0.717, 1.165) is 19.5 Å². The molecule has 0 aliphatic carbocycles. The lowest BCUT2D eigenvalue weighted by molar-refractivity contribution is -0.133. The number of amides is 1. The summed E-state index contributed by atoms with van der Waals surface area (Å²) in [5, 5.41) is 24.1. The van der Waals surface area contributed by atoms with E-state index in [-0.39, 0.29) is 61.0 Å². The molecule has 3 aliphatic rings. The second-order valence-electron chi connectivity index (χ2n) is 11.4. The van der Waals surface area contributed by atoms with Gasteiger partial charge in [0, 0.05) is 60.1 Å². The molecule has 5 rings (SSSR count). The summed E-state index contributed by atoms with van der Waals surface area (Å²) < 4.78 is 12.6. The van der Waals surface area contributed by atoms with Gasteiger partial charge in [-0.15, -0.1) is 0 Å². The Hall–Kier alpha value is -3.48. The number of aliphatic carboxylic acids is 2. The summed E-state index contributed by atoms with van der Waals surface area (Å²) in [6, 6.07) is 13.5. The van der Waals surface area contributed by atoms with Gasteiger partial charge in [0.2, 0.25) is 5.91 Å². The largest absolute Gasteiger partial charge is 0.478 e. The second kappa shape index (κ2) is 14.3. The molecule has 3 heterocycles. The van der Waals surface area contributed by atoms with Gasteiger partial charge in [-0.1, -0.05) is 59.6 Å². The van der Waals surface area contributed by atoms with E-state index in [1.807, 2.05) is 0 Å². The van der Waals surface area contributed by atoms with Crippen molar-refractivity contribution in [1.82, 2.24) is 20.0 Å². The molecular formula is C32H34Cl2N4O6S. The fraction of sp³-hybridized carbons (Fsp3) is 0.375. The molecule has 238 valence electrons. The fourth-order valence-corrected chi connectivity index (χ4v) is 7.49. The molecule has 45 heavy (non-hydrogen) atoms. The van der Waals surface area contributed by atoms with Crippen LogP contribution in [0.2, 0.25) is 10.0 Å². The van der Waals surface area contributed by atoms with Gasteiger partial charge in [-0.25, -0.2) is 13.8 Å². The van der Waals surface area contributed by atoms with Crippen molar-refractivity contribution >= 4 is 57.2 Å². The number of nitrogens with zero attached hydrogens (tertiary/aromatic N) is 3. The lowest BCUT2D eigenvalue weighted by Gasteiger charge is -2.37. The van der Waals surface area contributed by atoms with Crippen molar-refractivity contribution in [3.05, 3.63) is 92.2 Å². The zero-order chi connectivity index (χ0) is 32.2. The van der Waals surface area contributed by atoms with Gasteiger partial charge >= 0.3 is 11.9 Å². The van der Waals surface area contributed by atoms with Gasteiger partial charge in [-0.3, -0.25) is 9.69 Å². The van der Waals surface area contributed by atoms with Gasteiger partial charge in [0.1, 0.15) is 0 Å². The fourth-order valence-electron chi connectivity index (χ4n) is 6.40. The van der Waals surface area contributed by atoms with Crippen LogP contribution in [0.25, 0.3) is 0 Å². The van der Waals surface area contributed by atoms with E-state index in [2.05, 4.69) is 22.2 Å². The van der Waals surface area contributed by atoms with Crippen molar-refractivity contribution in [2.75, 3.05) is 46.3 Å². The number of allylic oxidation sites excluding steroid dienone is 1. The molecule has 2 saturated heterocycles. The third-order valence-corrected chi connectivity index (χ3v) is 10.0. The van der Waals surface area contributed by atoms with Crippen LogP contribution in [0, 0.1) is 0 Å². The molecule has 2 aromatic rings. The molecule has 0 radical (unpaired) electrons. The van der Waals surface area contributed by atoms with Crippen molar-refractivity contribution in [2.45, 2.75) is 31.2 Å². The summed E-state index contributed by atoms with van der Waals surface area (Å²) in [6.07, 6.45) is 1.98. The summed E-state index contributed by atoms with van der Waals surface area (Å²) in [5.74, 6) is -4.70. The Morgan fingerprint density at radius 1 is 0.911 bits per heavy atom. The number of halogens is 2. The van der Waals surface area contributed by atoms with Gasteiger partial charge in [0.15, 0.2) is 0 Å². The van der Waals surface area contributed by atoms with E-state index in [9.17, 15) is 28.8 Å². The van der Waals surface area contributed by atoms with Crippen LogP contribution in [0.15, 0.2) is 71.1 Å². The van der Waals surface area contributed by atoms with E-state index < -0.39 is 23.4 Å². The number of likely N-dealkylation sites (N-methyl/N-ethyl adjacent to an activating group) is 1. The monoisotopic (exact) mass is 672 g/mol. The van der Waals surface area contributed by atoms with Crippen LogP contribution in [-0.2, 0) is 25.6 Å². The van der Waals surface area contributed by atoms with E-state index in [1.165, 1.54) is 18.6 Å². The van der Waals surface area contributed by atoms with E-state index >= 15 is 0 Å². The predicted molar refractivity (Wildman–Crippen MR) is 174 cm³/mol. The molecule has 0 aromatic heterocycles. The first-order chi connectivity index (χ1) is 21.6. The minimum Gasteiger partial charge on any atom is -0.478 e. The predicted octanol–water partition coefficient (Wildman–Crippen LogP) is 3.42. The molecule has 2 aromatic carbocycles. The Balaban J connectivity index is 1.52. The number of carbonyl (C=O) groups is 3. The number of likely N-dealkylation sites (tertiary alicyclic amines) is 1. The van der Waals surface area contributed by atoms with E-state index in [1.54, 1.807) is 41.3 Å². The maximum atomic E-state index is 13.7. The van der Waals surface area contributed by atoms with Gasteiger partial charge in [0.05, 0.1) is 45.3 Å². The minimum absolute atomic E-state index is 0.0222. The highest BCUT2D eigenvalue weighted by Gasteiger charge is 2.42. The van der Waals surface area contributed by atoms with Crippen molar-refractivity contribution in [2.24, 2.45) is 0 Å². The average Bonchev–Trinajstić information content (AvgIpc) is 3.41. The molecular weight excluding hydrogens is 639 g/mol. The second-order valence-corrected chi connectivity index (χ2v) is 12.8. The highest BCUT2D eigenvalue weighted by molar-refractivity contribution is 7.67. The van der Waals surface area contributed by atoms with Crippen LogP contribution in [0.3, 0.4) is 0 Å². The standard InChI is InChI=1S/C32H34Cl2N4O6S/c1-36-12-6-9-20(36)18-37-13-15-38(16-14-37)24(39)17-23-26(31(40)41)27(25-21(33)10-5-11-22(25)34)28(32(42)43)29(35-23)30(45-44)19-7-3-2-4-8-19/h2-5,7-8,10-11,20,27,35H,6,9,12-18H2,1H3,(H,40,41)(H,42,43)/t20-,27?/m1/s1. The Morgan fingerprint density at radius 3 is 2.11 bits per heavy atom. The van der Waals surface area contributed by atoms with Crippen LogP contribution >= 0.6 is 23.2 Å². The summed E-state index contributed by atoms with van der Waals surface area (Å²) in [5.41, 5.74) is -0.416. The molecule has 1 amide bonds. The molecule has 10 nitrogen and oxygen atoms in total. The van der Waals surface area contributed by atoms with Crippen LogP contribution < -0.4 is 5.32 Å². The van der Waals surface area contributed by atoms with Crippen LogP contribution in [0.5, 0.6) is 0 Å². The minimum atomic E-state index is -1.48. The SMILES string of the molecule is CN1CCC[C@@H]1CN1CCN(C(=O)CC2=C(C(=O)O)C(c3c(Cl)cccc3Cl)C(C(=O)O)=C(C(=S=O)c3ccccc3)N2)CC1. The molecule has 2 atom stereocenters. The zero-order valence-corrected chi connectivity index (χ0v) is 27.0. The number of piperazine rings is 1. The van der Waals surface area contributed by atoms with Gasteiger partial charge in [0.25, 0.3) is 0 Å². The first-order valence-corrected chi connectivity index (χ1v) is 16.2. The Bertz CT molecular complexity index is 1600. The van der Waals surface area contributed by atoms with Crippen molar-refractivity contribution in [3.63, 3.8) is 0 Å². The van der Waals surface area contributed by atoms with Crippen LogP contribution in [0.4, 0.5) is 0 Å². The first-order valence-electron chi connectivity index (χ1n) is 14.7. The van der Waals surface area contributed by atoms with Crippen LogP contribution in [-0.4, -0.2) is 104 Å². The van der Waals surface area contributed by atoms with Gasteiger partial charge < -0.3 is 25.3 Å². The quantitative estimate of drug-likeness (QED) is 0.271. The molecule has 0 bridgehead atoms. The lowest BCUT2D eigenvalue weighted by Crippen LogP contribution is -2.51. The third-order valence-electron chi connectivity index (χ3n) is 8.74. The van der Waals surface area contributed by atoms with Crippen LogP contribution in [0.1, 0.15) is 36.3 Å². The number of carboxylic acids is 2. The normalized spacial score (nSPS) is 21.1. The van der Waals surface area contributed by atoms with Crippen molar-refractivity contribution < 1.29 is 28.8 Å². The highest BCUT2D eigenvalue weighted by atomic mass is 35.5. The Kier molecular flexibility index (Phi) is 10.5. The number of rotatable bonds is 9. The highest BCUT2D eigenvalue weighted by Crippen LogP contribution is 2.45. The zero-order valence-electron chi connectivity index (χ0n) is 24.7. The summed E-state index contributed by atoms with van der Waals surface area (Å²) in [7, 11) is 2.13. The number of nitrogens with one attached hydrogen (secondary N) is 1. The average molecular weight is 674 g/mol. The molecule has 0 saturated carbocycles. The smallest absolute Gasteiger partial charge is 0.334 e. The molecule has 0 spiro atoms. The molecule has 3 aliphatic heterocycles. The van der Waals surface area contributed by atoms with Gasteiger partial charge in [-0.05, 0) is 44.1 Å². The maximum absolute atomic E-state index is 13.7. The molecule has 1 unspecified atom stereocenters. The number of carbonyl (C=O) groups excluding carboxylic acids is 1. The Labute approximate surface area is 275 Å². The summed E-state index contributed by atoms with van der Waals surface area (Å²) in [4.78, 5) is 46.0. The topological polar surface area (TPSA) is 130 Å². The van der Waals surface area contributed by atoms with Gasteiger partial charge in [-0.2, -0.15) is 0 Å². The van der Waals surface area contributed by atoms with Crippen molar-refractivity contribution in [3.8, 4) is 0 Å². The first kappa shape index (κ1) is 32.9. The molecule has 2 fully saturated rings. The van der Waals surface area contributed by atoms with E-state index in [4.69, 9.17) is 23.2 Å². The summed E-state index contributed by atoms with van der Waals surface area (Å²) >= 11 is 13.2. The number of hydrogen-bond acceptors (Lipinski definition) is 7. The summed E-state index contributed by atoms with van der Waals surface area (Å²) in [6.45, 7) is 4.37. The number of carboxylic acid groups (broad SMARTS) is 2. The number of hydrogen-bond donors (Lipinski definition) is 3. The third kappa shape index (κ3) is 7.02. The number of benzene rings is 2. The van der Waals surface area contributed by atoms with Crippen molar-refractivity contribution in [1.29, 1.82) is 0 Å². The maximum Gasteiger partial charge on any atom is 0.334 e. The molecule has 13 heteroatoms. The lowest BCUT2D eigenvalue weighted by atomic mass is 9.78. The molecule has 3 N–H and O–H groups in total. The Morgan fingerprint density at radius 2 is 1.56 bits per heavy atom.